The molecule has 0 saturated carbocycles. The summed E-state index contributed by atoms with van der Waals surface area (Å²) in [5.74, 6) is 0.613. The number of ether oxygens (including phenoxy) is 1. The predicted octanol–water partition coefficient (Wildman–Crippen LogP) is 1.38. The first-order chi connectivity index (χ1) is 9.08. The third-order valence-electron chi connectivity index (χ3n) is 2.69. The highest BCUT2D eigenvalue weighted by Gasteiger charge is 2.09. The summed E-state index contributed by atoms with van der Waals surface area (Å²) in [4.78, 5) is 0. The van der Waals surface area contributed by atoms with Crippen LogP contribution in [-0.2, 0) is 11.3 Å². The number of aromatic nitrogens is 2. The molecule has 108 valence electrons. The summed E-state index contributed by atoms with van der Waals surface area (Å²) in [6.07, 6.45) is 2.35. The van der Waals surface area contributed by atoms with Crippen LogP contribution in [0.4, 0.5) is 0 Å². The van der Waals surface area contributed by atoms with Gasteiger partial charge < -0.3 is 15.2 Å². The lowest BCUT2D eigenvalue weighted by Crippen LogP contribution is -2.31. The van der Waals surface area contributed by atoms with Crippen molar-refractivity contribution in [2.24, 2.45) is 5.92 Å². The van der Waals surface area contributed by atoms with Gasteiger partial charge in [0.1, 0.15) is 0 Å². The molecule has 0 aliphatic carbocycles. The first-order valence-corrected chi connectivity index (χ1v) is 6.85. The zero-order chi connectivity index (χ0) is 14.1. The molecule has 0 fully saturated rings. The lowest BCUT2D eigenvalue weighted by atomic mass is 10.1. The van der Waals surface area contributed by atoms with E-state index in [1.54, 1.807) is 6.20 Å². The summed E-state index contributed by atoms with van der Waals surface area (Å²) in [7, 11) is 0. The topological polar surface area (TPSA) is 67.3 Å². The molecule has 0 spiro atoms. The van der Waals surface area contributed by atoms with Crippen molar-refractivity contribution in [3.8, 4) is 0 Å². The van der Waals surface area contributed by atoms with Gasteiger partial charge in [-0.3, -0.25) is 0 Å². The lowest BCUT2D eigenvalue weighted by Gasteiger charge is -2.18. The molecule has 0 radical (unpaired) electrons. The van der Waals surface area contributed by atoms with Crippen LogP contribution in [0.3, 0.4) is 0 Å². The Bertz CT molecular complexity index is 333. The molecule has 1 rings (SSSR count). The van der Waals surface area contributed by atoms with Gasteiger partial charge >= 0.3 is 0 Å². The second-order valence-electron chi connectivity index (χ2n) is 5.27. The maximum atomic E-state index is 9.79. The van der Waals surface area contributed by atoms with E-state index in [0.29, 0.717) is 25.6 Å². The van der Waals surface area contributed by atoms with Gasteiger partial charge in [-0.05, 0) is 31.4 Å². The lowest BCUT2D eigenvalue weighted by molar-refractivity contribution is -0.00859. The smallest absolute Gasteiger partial charge is 0.0897 e. The van der Waals surface area contributed by atoms with Crippen molar-refractivity contribution < 1.29 is 9.84 Å². The second kappa shape index (κ2) is 8.96. The van der Waals surface area contributed by atoms with Crippen molar-refractivity contribution in [1.82, 2.24) is 15.5 Å². The molecule has 0 aromatic carbocycles. The van der Waals surface area contributed by atoms with Crippen molar-refractivity contribution >= 4 is 0 Å². The van der Waals surface area contributed by atoms with E-state index in [1.165, 1.54) is 0 Å². The van der Waals surface area contributed by atoms with Crippen molar-refractivity contribution in [3.05, 3.63) is 24.0 Å². The SMILES string of the molecule is CC(C)CC(C)OCC(O)CNCc1cccnn1. The summed E-state index contributed by atoms with van der Waals surface area (Å²) < 4.78 is 5.60. The Labute approximate surface area is 115 Å². The Morgan fingerprint density at radius 1 is 1.37 bits per heavy atom. The number of aliphatic hydroxyl groups is 1. The van der Waals surface area contributed by atoms with E-state index in [2.05, 4.69) is 29.4 Å². The molecule has 5 nitrogen and oxygen atoms in total. The highest BCUT2D eigenvalue weighted by Crippen LogP contribution is 2.07. The third kappa shape index (κ3) is 7.87. The number of hydrogen-bond acceptors (Lipinski definition) is 5. The molecule has 0 aliphatic rings. The minimum atomic E-state index is -0.494. The molecular weight excluding hydrogens is 242 g/mol. The second-order valence-corrected chi connectivity index (χ2v) is 5.27. The number of nitrogens with one attached hydrogen (secondary N) is 1. The molecule has 0 aliphatic heterocycles. The van der Waals surface area contributed by atoms with Gasteiger partial charge in [-0.25, -0.2) is 0 Å². The molecule has 1 heterocycles. The van der Waals surface area contributed by atoms with Gasteiger partial charge in [-0.2, -0.15) is 10.2 Å². The van der Waals surface area contributed by atoms with Crippen LogP contribution in [0.5, 0.6) is 0 Å². The van der Waals surface area contributed by atoms with Gasteiger partial charge in [0, 0.05) is 19.3 Å². The zero-order valence-corrected chi connectivity index (χ0v) is 12.0. The minimum Gasteiger partial charge on any atom is -0.389 e. The monoisotopic (exact) mass is 267 g/mol. The normalized spacial score (nSPS) is 14.6. The fraction of sp³-hybridized carbons (Fsp3) is 0.714. The molecule has 2 N–H and O–H groups in total. The van der Waals surface area contributed by atoms with Crippen molar-refractivity contribution in [2.45, 2.75) is 45.9 Å². The number of aliphatic hydroxyl groups excluding tert-OH is 1. The van der Waals surface area contributed by atoms with Crippen LogP contribution in [0, 0.1) is 5.92 Å². The van der Waals surface area contributed by atoms with Crippen LogP contribution in [0.1, 0.15) is 32.9 Å². The highest BCUT2D eigenvalue weighted by molar-refractivity contribution is 4.98. The Hall–Kier alpha value is -1.04. The maximum Gasteiger partial charge on any atom is 0.0897 e. The van der Waals surface area contributed by atoms with Gasteiger partial charge in [0.15, 0.2) is 0 Å². The quantitative estimate of drug-likeness (QED) is 0.707. The summed E-state index contributed by atoms with van der Waals surface area (Å²) in [5, 5.41) is 20.7. The molecule has 19 heavy (non-hydrogen) atoms. The number of rotatable bonds is 9. The predicted molar refractivity (Wildman–Crippen MR) is 74.6 cm³/mol. The third-order valence-corrected chi connectivity index (χ3v) is 2.69. The Kier molecular flexibility index (Phi) is 7.55. The van der Waals surface area contributed by atoms with Crippen LogP contribution in [-0.4, -0.2) is 40.7 Å². The van der Waals surface area contributed by atoms with Gasteiger partial charge in [0.05, 0.1) is 24.5 Å². The molecule has 1 aromatic heterocycles. The standard InChI is InChI=1S/C14H25N3O2/c1-11(2)7-12(3)19-10-14(18)9-15-8-13-5-4-6-16-17-13/h4-6,11-12,14-15,18H,7-10H2,1-3H3. The van der Waals surface area contributed by atoms with Gasteiger partial charge in [0.25, 0.3) is 0 Å². The van der Waals surface area contributed by atoms with Crippen LogP contribution in [0.25, 0.3) is 0 Å². The number of hydrogen-bond donors (Lipinski definition) is 2. The molecule has 0 saturated heterocycles. The Morgan fingerprint density at radius 3 is 2.79 bits per heavy atom. The first-order valence-electron chi connectivity index (χ1n) is 6.85. The van der Waals surface area contributed by atoms with Crippen LogP contribution >= 0.6 is 0 Å². The Morgan fingerprint density at radius 2 is 2.16 bits per heavy atom. The zero-order valence-electron chi connectivity index (χ0n) is 12.0. The van der Waals surface area contributed by atoms with Crippen LogP contribution in [0.2, 0.25) is 0 Å². The largest absolute Gasteiger partial charge is 0.389 e. The fourth-order valence-electron chi connectivity index (χ4n) is 1.86. The highest BCUT2D eigenvalue weighted by atomic mass is 16.5. The number of nitrogens with zero attached hydrogens (tertiary/aromatic N) is 2. The first kappa shape index (κ1) is 16.0. The van der Waals surface area contributed by atoms with Crippen molar-refractivity contribution in [2.75, 3.05) is 13.2 Å². The summed E-state index contributed by atoms with van der Waals surface area (Å²) in [6, 6.07) is 3.74. The van der Waals surface area contributed by atoms with E-state index in [0.717, 1.165) is 12.1 Å². The molecule has 5 heteroatoms. The van der Waals surface area contributed by atoms with E-state index in [9.17, 15) is 5.11 Å². The van der Waals surface area contributed by atoms with E-state index >= 15 is 0 Å². The molecule has 2 atom stereocenters. The summed E-state index contributed by atoms with van der Waals surface area (Å²) in [6.45, 7) is 7.83. The molecule has 0 amide bonds. The molecule has 2 unspecified atom stereocenters. The Balaban J connectivity index is 2.09. The average Bonchev–Trinajstić information content (AvgIpc) is 2.37. The van der Waals surface area contributed by atoms with Gasteiger partial charge in [-0.1, -0.05) is 13.8 Å². The fourth-order valence-corrected chi connectivity index (χ4v) is 1.86. The van der Waals surface area contributed by atoms with E-state index in [1.807, 2.05) is 19.1 Å². The van der Waals surface area contributed by atoms with Crippen LogP contribution < -0.4 is 5.32 Å². The molecular formula is C14H25N3O2. The van der Waals surface area contributed by atoms with E-state index < -0.39 is 6.10 Å². The van der Waals surface area contributed by atoms with E-state index in [4.69, 9.17) is 4.74 Å². The molecule has 0 bridgehead atoms. The summed E-state index contributed by atoms with van der Waals surface area (Å²) >= 11 is 0. The van der Waals surface area contributed by atoms with Crippen molar-refractivity contribution in [1.29, 1.82) is 0 Å². The van der Waals surface area contributed by atoms with Crippen molar-refractivity contribution in [3.63, 3.8) is 0 Å². The minimum absolute atomic E-state index is 0.189. The van der Waals surface area contributed by atoms with E-state index in [-0.39, 0.29) is 6.10 Å². The van der Waals surface area contributed by atoms with Crippen LogP contribution in [0.15, 0.2) is 18.3 Å². The average molecular weight is 267 g/mol. The summed E-state index contributed by atoms with van der Waals surface area (Å²) in [5.41, 5.74) is 0.865. The maximum absolute atomic E-state index is 9.79. The van der Waals surface area contributed by atoms with Gasteiger partial charge in [-0.15, -0.1) is 0 Å². The molecule has 1 aromatic rings. The van der Waals surface area contributed by atoms with Gasteiger partial charge in [0.2, 0.25) is 0 Å².